The monoisotopic (exact) mass is 199 g/mol. The van der Waals surface area contributed by atoms with Gasteiger partial charge in [0, 0.05) is 0 Å². The van der Waals surface area contributed by atoms with E-state index in [4.69, 9.17) is 4.74 Å². The maximum atomic E-state index is 5.45. The van der Waals surface area contributed by atoms with Gasteiger partial charge in [-0.25, -0.2) is 0 Å². The van der Waals surface area contributed by atoms with Crippen LogP contribution in [0.15, 0.2) is 42.5 Å². The fourth-order valence-corrected chi connectivity index (χ4v) is 1.68. The molecule has 0 aliphatic heterocycles. The Morgan fingerprint density at radius 2 is 1.87 bits per heavy atom. The first-order valence-corrected chi connectivity index (χ1v) is 5.31. The largest absolute Gasteiger partial charge is 0.371 e. The molecule has 0 atom stereocenters. The first-order valence-electron chi connectivity index (χ1n) is 5.31. The summed E-state index contributed by atoms with van der Waals surface area (Å²) in [4.78, 5) is 0. The Hall–Kier alpha value is -1.34. The number of ether oxygens (including phenoxy) is 1. The van der Waals surface area contributed by atoms with Crippen LogP contribution in [0.1, 0.15) is 18.9 Å². The predicted molar refractivity (Wildman–Crippen MR) is 63.3 cm³/mol. The summed E-state index contributed by atoms with van der Waals surface area (Å²) in [5.74, 6) is 0. The molecule has 2 aromatic carbocycles. The lowest BCUT2D eigenvalue weighted by atomic mass is 10.1. The fraction of sp³-hybridized carbons (Fsp3) is 0.214. The molecule has 0 bridgehead atoms. The molecule has 0 aromatic heterocycles. The van der Waals surface area contributed by atoms with Crippen LogP contribution in [-0.4, -0.2) is 0 Å². The minimum absolute atomic E-state index is 0.662. The SMILES string of the molecule is CC[CH]OCc1cccc2ccccc12. The Kier molecular flexibility index (Phi) is 3.36. The molecule has 2 rings (SSSR count). The standard InChI is InChI=1S/C14H15O/c1-2-10-15-11-13-8-5-7-12-6-3-4-9-14(12)13/h3-10H,2,11H2,1H3. The van der Waals surface area contributed by atoms with E-state index in [2.05, 4.69) is 49.4 Å². The second kappa shape index (κ2) is 4.94. The van der Waals surface area contributed by atoms with Gasteiger partial charge < -0.3 is 4.74 Å². The molecule has 0 spiro atoms. The van der Waals surface area contributed by atoms with E-state index in [9.17, 15) is 0 Å². The summed E-state index contributed by atoms with van der Waals surface area (Å²) in [5, 5.41) is 2.56. The molecule has 0 fully saturated rings. The summed E-state index contributed by atoms with van der Waals surface area (Å²) < 4.78 is 5.45. The van der Waals surface area contributed by atoms with Crippen molar-refractivity contribution in [3.05, 3.63) is 54.6 Å². The van der Waals surface area contributed by atoms with Gasteiger partial charge >= 0.3 is 0 Å². The molecule has 15 heavy (non-hydrogen) atoms. The highest BCUT2D eigenvalue weighted by atomic mass is 16.5. The molecule has 0 N–H and O–H groups in total. The minimum atomic E-state index is 0.662. The molecule has 0 aliphatic carbocycles. The van der Waals surface area contributed by atoms with Gasteiger partial charge in [0.2, 0.25) is 0 Å². The number of fused-ring (bicyclic) bond motifs is 1. The molecular weight excluding hydrogens is 184 g/mol. The van der Waals surface area contributed by atoms with Crippen LogP contribution >= 0.6 is 0 Å². The van der Waals surface area contributed by atoms with Gasteiger partial charge in [-0.15, -0.1) is 0 Å². The lowest BCUT2D eigenvalue weighted by molar-refractivity contribution is 0.182. The van der Waals surface area contributed by atoms with E-state index in [1.807, 2.05) is 6.61 Å². The molecule has 0 heterocycles. The van der Waals surface area contributed by atoms with Crippen LogP contribution in [0.5, 0.6) is 0 Å². The van der Waals surface area contributed by atoms with Crippen molar-refractivity contribution in [2.24, 2.45) is 0 Å². The van der Waals surface area contributed by atoms with Crippen molar-refractivity contribution in [2.75, 3.05) is 0 Å². The molecule has 0 saturated carbocycles. The summed E-state index contributed by atoms with van der Waals surface area (Å²) >= 11 is 0. The summed E-state index contributed by atoms with van der Waals surface area (Å²) in [7, 11) is 0. The zero-order chi connectivity index (χ0) is 10.5. The van der Waals surface area contributed by atoms with Gasteiger partial charge in [-0.05, 0) is 22.8 Å². The molecule has 2 aromatic rings. The van der Waals surface area contributed by atoms with Gasteiger partial charge in [0.05, 0.1) is 13.2 Å². The van der Waals surface area contributed by atoms with E-state index in [1.165, 1.54) is 16.3 Å². The summed E-state index contributed by atoms with van der Waals surface area (Å²) in [6.07, 6.45) is 0.949. The summed E-state index contributed by atoms with van der Waals surface area (Å²) in [5.41, 5.74) is 1.25. The molecular formula is C14H15O. The lowest BCUT2D eigenvalue weighted by Crippen LogP contribution is -1.90. The van der Waals surface area contributed by atoms with Crippen molar-refractivity contribution >= 4 is 10.8 Å². The third kappa shape index (κ3) is 2.37. The van der Waals surface area contributed by atoms with E-state index in [0.717, 1.165) is 6.42 Å². The summed E-state index contributed by atoms with van der Waals surface area (Å²) in [6.45, 7) is 4.58. The lowest BCUT2D eigenvalue weighted by Gasteiger charge is -2.06. The highest BCUT2D eigenvalue weighted by Gasteiger charge is 1.99. The van der Waals surface area contributed by atoms with Crippen LogP contribution in [-0.2, 0) is 11.3 Å². The van der Waals surface area contributed by atoms with Gasteiger partial charge in [-0.1, -0.05) is 49.4 Å². The van der Waals surface area contributed by atoms with E-state index in [1.54, 1.807) is 0 Å². The Bertz CT molecular complexity index is 429. The average molecular weight is 199 g/mol. The topological polar surface area (TPSA) is 9.23 Å². The second-order valence-electron chi connectivity index (χ2n) is 3.52. The van der Waals surface area contributed by atoms with Crippen LogP contribution in [0.4, 0.5) is 0 Å². The Morgan fingerprint density at radius 1 is 1.07 bits per heavy atom. The highest BCUT2D eigenvalue weighted by molar-refractivity contribution is 5.85. The van der Waals surface area contributed by atoms with Crippen LogP contribution in [0.25, 0.3) is 10.8 Å². The number of hydrogen-bond acceptors (Lipinski definition) is 1. The first kappa shape index (κ1) is 10.2. The van der Waals surface area contributed by atoms with Crippen LogP contribution in [0, 0.1) is 6.61 Å². The predicted octanol–water partition coefficient (Wildman–Crippen LogP) is 3.93. The van der Waals surface area contributed by atoms with Crippen LogP contribution in [0.2, 0.25) is 0 Å². The van der Waals surface area contributed by atoms with Gasteiger partial charge in [-0.2, -0.15) is 0 Å². The van der Waals surface area contributed by atoms with Gasteiger partial charge in [0.15, 0.2) is 0 Å². The maximum absolute atomic E-state index is 5.45. The van der Waals surface area contributed by atoms with Crippen molar-refractivity contribution in [1.82, 2.24) is 0 Å². The maximum Gasteiger partial charge on any atom is 0.0838 e. The molecule has 0 aliphatic rings. The molecule has 0 amide bonds. The third-order valence-corrected chi connectivity index (χ3v) is 2.40. The van der Waals surface area contributed by atoms with Crippen molar-refractivity contribution in [3.63, 3.8) is 0 Å². The number of rotatable bonds is 4. The quantitative estimate of drug-likeness (QED) is 0.678. The Morgan fingerprint density at radius 3 is 2.73 bits per heavy atom. The van der Waals surface area contributed by atoms with Crippen molar-refractivity contribution < 1.29 is 4.74 Å². The van der Waals surface area contributed by atoms with Crippen LogP contribution in [0.3, 0.4) is 0 Å². The Balaban J connectivity index is 2.26. The first-order chi connectivity index (χ1) is 7.42. The van der Waals surface area contributed by atoms with Crippen molar-refractivity contribution in [2.45, 2.75) is 20.0 Å². The van der Waals surface area contributed by atoms with Crippen molar-refractivity contribution in [3.8, 4) is 0 Å². The molecule has 1 radical (unpaired) electrons. The van der Waals surface area contributed by atoms with Gasteiger partial charge in [-0.3, -0.25) is 0 Å². The summed E-state index contributed by atoms with van der Waals surface area (Å²) in [6, 6.07) is 14.7. The van der Waals surface area contributed by atoms with Crippen LogP contribution < -0.4 is 0 Å². The number of hydrogen-bond donors (Lipinski definition) is 0. The molecule has 77 valence electrons. The average Bonchev–Trinajstić information content (AvgIpc) is 2.30. The molecule has 1 heteroatoms. The fourth-order valence-electron chi connectivity index (χ4n) is 1.68. The zero-order valence-electron chi connectivity index (χ0n) is 8.94. The van der Waals surface area contributed by atoms with E-state index < -0.39 is 0 Å². The number of benzene rings is 2. The Labute approximate surface area is 90.7 Å². The minimum Gasteiger partial charge on any atom is -0.371 e. The highest BCUT2D eigenvalue weighted by Crippen LogP contribution is 2.19. The van der Waals surface area contributed by atoms with Crippen molar-refractivity contribution in [1.29, 1.82) is 0 Å². The molecule has 1 nitrogen and oxygen atoms in total. The normalized spacial score (nSPS) is 10.7. The zero-order valence-corrected chi connectivity index (χ0v) is 8.94. The second-order valence-corrected chi connectivity index (χ2v) is 3.52. The third-order valence-electron chi connectivity index (χ3n) is 2.40. The van der Waals surface area contributed by atoms with E-state index in [-0.39, 0.29) is 0 Å². The van der Waals surface area contributed by atoms with E-state index in [0.29, 0.717) is 6.61 Å². The van der Waals surface area contributed by atoms with Gasteiger partial charge in [0.25, 0.3) is 0 Å². The van der Waals surface area contributed by atoms with Gasteiger partial charge in [0.1, 0.15) is 0 Å². The molecule has 0 saturated heterocycles. The smallest absolute Gasteiger partial charge is 0.0838 e. The van der Waals surface area contributed by atoms with E-state index >= 15 is 0 Å². The molecule has 0 unspecified atom stereocenters.